The highest BCUT2D eigenvalue weighted by molar-refractivity contribution is 5.85. The van der Waals surface area contributed by atoms with E-state index in [-0.39, 0.29) is 24.9 Å². The number of carbonyl (C=O) groups is 1. The first-order valence-electron chi connectivity index (χ1n) is 5.47. The number of nitrogens with one attached hydrogen (secondary N) is 1. The predicted molar refractivity (Wildman–Crippen MR) is 70.5 cm³/mol. The van der Waals surface area contributed by atoms with Gasteiger partial charge in [-0.15, -0.1) is 12.4 Å². The number of para-hydroxylation sites is 1. The first-order chi connectivity index (χ1) is 7.83. The van der Waals surface area contributed by atoms with Crippen LogP contribution in [0.1, 0.15) is 12.8 Å². The molecule has 0 bridgehead atoms. The zero-order valence-electron chi connectivity index (χ0n) is 9.72. The molecule has 4 nitrogen and oxygen atoms in total. The molecule has 0 unspecified atom stereocenters. The Hall–Kier alpha value is -1.26. The van der Waals surface area contributed by atoms with E-state index >= 15 is 0 Å². The van der Waals surface area contributed by atoms with Crippen LogP contribution in [0, 0.1) is 0 Å². The van der Waals surface area contributed by atoms with E-state index in [0.29, 0.717) is 18.8 Å². The van der Waals surface area contributed by atoms with Crippen molar-refractivity contribution in [3.63, 3.8) is 0 Å². The molecule has 0 spiro atoms. The molecule has 0 saturated carbocycles. The van der Waals surface area contributed by atoms with Crippen LogP contribution < -0.4 is 15.8 Å². The van der Waals surface area contributed by atoms with Gasteiger partial charge in [-0.2, -0.15) is 0 Å². The van der Waals surface area contributed by atoms with Crippen LogP contribution >= 0.6 is 12.4 Å². The highest BCUT2D eigenvalue weighted by Crippen LogP contribution is 2.07. The Bertz CT molecular complexity index is 307. The lowest BCUT2D eigenvalue weighted by Gasteiger charge is -2.06. The van der Waals surface area contributed by atoms with Crippen molar-refractivity contribution in [3.05, 3.63) is 30.3 Å². The Morgan fingerprint density at radius 1 is 1.24 bits per heavy atom. The van der Waals surface area contributed by atoms with Gasteiger partial charge in [0, 0.05) is 6.54 Å². The largest absolute Gasteiger partial charge is 0.484 e. The lowest BCUT2D eigenvalue weighted by molar-refractivity contribution is -0.123. The second kappa shape index (κ2) is 9.93. The van der Waals surface area contributed by atoms with Crippen LogP contribution in [-0.2, 0) is 4.79 Å². The van der Waals surface area contributed by atoms with Gasteiger partial charge in [-0.05, 0) is 31.5 Å². The van der Waals surface area contributed by atoms with Gasteiger partial charge in [0.05, 0.1) is 0 Å². The fourth-order valence-electron chi connectivity index (χ4n) is 1.21. The molecule has 0 aliphatic carbocycles. The molecule has 17 heavy (non-hydrogen) atoms. The number of carbonyl (C=O) groups excluding carboxylic acids is 1. The number of benzene rings is 1. The Kier molecular flexibility index (Phi) is 9.19. The van der Waals surface area contributed by atoms with Crippen LogP contribution in [0.5, 0.6) is 5.75 Å². The number of amides is 1. The topological polar surface area (TPSA) is 64.3 Å². The lowest BCUT2D eigenvalue weighted by atomic mass is 10.3. The third kappa shape index (κ3) is 7.60. The summed E-state index contributed by atoms with van der Waals surface area (Å²) in [4.78, 5) is 11.3. The quantitative estimate of drug-likeness (QED) is 0.726. The first kappa shape index (κ1) is 15.7. The summed E-state index contributed by atoms with van der Waals surface area (Å²) in [5.74, 6) is 0.612. The third-order valence-corrected chi connectivity index (χ3v) is 2.07. The molecule has 1 aromatic rings. The van der Waals surface area contributed by atoms with Crippen LogP contribution in [0.3, 0.4) is 0 Å². The van der Waals surface area contributed by atoms with Crippen molar-refractivity contribution in [1.29, 1.82) is 0 Å². The predicted octanol–water partition coefficient (Wildman–Crippen LogP) is 1.34. The molecule has 0 aliphatic rings. The van der Waals surface area contributed by atoms with Crippen molar-refractivity contribution in [2.75, 3.05) is 19.7 Å². The molecule has 0 radical (unpaired) electrons. The third-order valence-electron chi connectivity index (χ3n) is 2.07. The summed E-state index contributed by atoms with van der Waals surface area (Å²) in [7, 11) is 0. The van der Waals surface area contributed by atoms with Crippen LogP contribution in [0.2, 0.25) is 0 Å². The fourth-order valence-corrected chi connectivity index (χ4v) is 1.21. The summed E-state index contributed by atoms with van der Waals surface area (Å²) < 4.78 is 5.29. The second-order valence-corrected chi connectivity index (χ2v) is 3.45. The van der Waals surface area contributed by atoms with Crippen molar-refractivity contribution in [2.45, 2.75) is 12.8 Å². The van der Waals surface area contributed by atoms with Crippen LogP contribution in [0.15, 0.2) is 30.3 Å². The molecule has 1 amide bonds. The van der Waals surface area contributed by atoms with Gasteiger partial charge in [-0.3, -0.25) is 4.79 Å². The monoisotopic (exact) mass is 258 g/mol. The SMILES string of the molecule is Cl.NCCCCNC(=O)COc1ccccc1. The normalized spacial score (nSPS) is 9.24. The summed E-state index contributed by atoms with van der Waals surface area (Å²) in [5.41, 5.74) is 5.34. The summed E-state index contributed by atoms with van der Waals surface area (Å²) in [6.07, 6.45) is 1.84. The van der Waals surface area contributed by atoms with E-state index in [1.54, 1.807) is 0 Å². The summed E-state index contributed by atoms with van der Waals surface area (Å²) in [6.45, 7) is 1.39. The van der Waals surface area contributed by atoms with Crippen molar-refractivity contribution in [3.8, 4) is 5.75 Å². The van der Waals surface area contributed by atoms with Crippen LogP contribution in [-0.4, -0.2) is 25.6 Å². The van der Waals surface area contributed by atoms with Gasteiger partial charge >= 0.3 is 0 Å². The molecule has 5 heteroatoms. The zero-order chi connectivity index (χ0) is 11.6. The maximum absolute atomic E-state index is 11.3. The minimum atomic E-state index is -0.0964. The van der Waals surface area contributed by atoms with Crippen molar-refractivity contribution < 1.29 is 9.53 Å². The molecule has 0 atom stereocenters. The highest BCUT2D eigenvalue weighted by Gasteiger charge is 2.00. The number of hydrogen-bond donors (Lipinski definition) is 2. The standard InChI is InChI=1S/C12H18N2O2.ClH/c13-8-4-5-9-14-12(15)10-16-11-6-2-1-3-7-11;/h1-3,6-7H,4-5,8-10,13H2,(H,14,15);1H. The fraction of sp³-hybridized carbons (Fsp3) is 0.417. The molecule has 0 aliphatic heterocycles. The molecule has 0 aromatic heterocycles. The smallest absolute Gasteiger partial charge is 0.257 e. The van der Waals surface area contributed by atoms with Crippen molar-refractivity contribution in [1.82, 2.24) is 5.32 Å². The van der Waals surface area contributed by atoms with Gasteiger partial charge < -0.3 is 15.8 Å². The first-order valence-corrected chi connectivity index (χ1v) is 5.47. The average molecular weight is 259 g/mol. The van der Waals surface area contributed by atoms with E-state index in [4.69, 9.17) is 10.5 Å². The summed E-state index contributed by atoms with van der Waals surface area (Å²) in [6, 6.07) is 9.28. The molecular formula is C12H19ClN2O2. The van der Waals surface area contributed by atoms with E-state index < -0.39 is 0 Å². The van der Waals surface area contributed by atoms with Crippen molar-refractivity contribution in [2.24, 2.45) is 5.73 Å². The maximum Gasteiger partial charge on any atom is 0.257 e. The number of unbranched alkanes of at least 4 members (excludes halogenated alkanes) is 1. The minimum Gasteiger partial charge on any atom is -0.484 e. The molecule has 3 N–H and O–H groups in total. The molecule has 0 heterocycles. The highest BCUT2D eigenvalue weighted by atomic mass is 35.5. The molecule has 96 valence electrons. The van der Waals surface area contributed by atoms with Gasteiger partial charge in [0.1, 0.15) is 5.75 Å². The lowest BCUT2D eigenvalue weighted by Crippen LogP contribution is -2.29. The Morgan fingerprint density at radius 2 is 1.94 bits per heavy atom. The van der Waals surface area contributed by atoms with Gasteiger partial charge in [-0.1, -0.05) is 18.2 Å². The summed E-state index contributed by atoms with van der Waals surface area (Å²) >= 11 is 0. The van der Waals surface area contributed by atoms with E-state index in [9.17, 15) is 4.79 Å². The van der Waals surface area contributed by atoms with Gasteiger partial charge in [0.15, 0.2) is 6.61 Å². The number of nitrogens with two attached hydrogens (primary N) is 1. The molecule has 1 rings (SSSR count). The van der Waals surface area contributed by atoms with Crippen LogP contribution in [0.4, 0.5) is 0 Å². The zero-order valence-corrected chi connectivity index (χ0v) is 10.5. The number of halogens is 1. The Balaban J connectivity index is 0.00000256. The minimum absolute atomic E-state index is 0. The van der Waals surface area contributed by atoms with Gasteiger partial charge in [0.25, 0.3) is 5.91 Å². The molecule has 0 fully saturated rings. The van der Waals surface area contributed by atoms with Gasteiger partial charge in [0.2, 0.25) is 0 Å². The Labute approximate surface area is 108 Å². The van der Waals surface area contributed by atoms with E-state index in [2.05, 4.69) is 5.32 Å². The number of ether oxygens (including phenoxy) is 1. The average Bonchev–Trinajstić information content (AvgIpc) is 2.33. The second-order valence-electron chi connectivity index (χ2n) is 3.45. The number of hydrogen-bond acceptors (Lipinski definition) is 3. The Morgan fingerprint density at radius 3 is 2.59 bits per heavy atom. The van der Waals surface area contributed by atoms with Crippen molar-refractivity contribution >= 4 is 18.3 Å². The molecule has 0 saturated heterocycles. The van der Waals surface area contributed by atoms with E-state index in [1.165, 1.54) is 0 Å². The van der Waals surface area contributed by atoms with Gasteiger partial charge in [-0.25, -0.2) is 0 Å². The van der Waals surface area contributed by atoms with Crippen LogP contribution in [0.25, 0.3) is 0 Å². The molecular weight excluding hydrogens is 240 g/mol. The maximum atomic E-state index is 11.3. The van der Waals surface area contributed by atoms with E-state index in [1.807, 2.05) is 30.3 Å². The van der Waals surface area contributed by atoms with E-state index in [0.717, 1.165) is 12.8 Å². The molecule has 1 aromatic carbocycles. The number of rotatable bonds is 7. The summed E-state index contributed by atoms with van der Waals surface area (Å²) in [5, 5.41) is 2.77.